The normalized spacial score (nSPS) is 10.1. The molecular formula is C54H62N4O13. The Kier molecular flexibility index (Phi) is 26.9. The molecule has 0 spiro atoms. The molecule has 1 heterocycles. The van der Waals surface area contributed by atoms with E-state index in [1.807, 2.05) is 30.5 Å². The van der Waals surface area contributed by atoms with Crippen LogP contribution in [0.3, 0.4) is 0 Å². The highest BCUT2D eigenvalue weighted by molar-refractivity contribution is 5.85. The average Bonchev–Trinajstić information content (AvgIpc) is 3.75. The Bertz CT molecular complexity index is 2660. The van der Waals surface area contributed by atoms with Crippen LogP contribution in [0.15, 0.2) is 176 Å². The summed E-state index contributed by atoms with van der Waals surface area (Å²) in [6.07, 6.45) is 3.84. The quantitative estimate of drug-likeness (QED) is 0.0465. The number of para-hydroxylation sites is 3. The Hall–Kier alpha value is -8.90. The lowest BCUT2D eigenvalue weighted by Crippen LogP contribution is -2.24. The van der Waals surface area contributed by atoms with Crippen LogP contribution in [0.4, 0.5) is 0 Å². The van der Waals surface area contributed by atoms with E-state index < -0.39 is 11.9 Å². The van der Waals surface area contributed by atoms with Crippen LogP contribution in [-0.2, 0) is 28.9 Å². The molecule has 0 aliphatic carbocycles. The van der Waals surface area contributed by atoms with Crippen LogP contribution in [0.1, 0.15) is 23.1 Å². The molecule has 0 aliphatic heterocycles. The molecule has 7 aromatic carbocycles. The Morgan fingerprint density at radius 2 is 0.859 bits per heavy atom. The van der Waals surface area contributed by atoms with Gasteiger partial charge in [0.15, 0.2) is 11.5 Å². The average molecular weight is 975 g/mol. The maximum atomic E-state index is 11.1. The number of phenolic OH excluding ortho intramolecular Hbond substituents is 10. The molecule has 71 heavy (non-hydrogen) atoms. The summed E-state index contributed by atoms with van der Waals surface area (Å²) in [5, 5.41) is 97.9. The lowest BCUT2D eigenvalue weighted by atomic mass is 9.94. The van der Waals surface area contributed by atoms with Gasteiger partial charge in [-0.3, -0.25) is 9.59 Å². The lowest BCUT2D eigenvalue weighted by Gasteiger charge is -2.11. The standard InChI is InChI=1S/C12H15NO4.C10H12N2O.C8H11NO.3C6H6O2.C6H6O/c13-7-11(15)6-9(12(16)17)5-8-1-3-10(14)4-2-8;11-4-3-7-6-12-10-2-1-8(13)5-9(7)10;9-6-5-7-1-3-8(10)4-2-7;7-5-1-2-6(8)4-3-5;7-5-2-1-3-6(8)4-5;7-5-3-1-2-4-6(5)8;7-6-4-2-1-3-5-6/h1-4,9,14H,5-7,13H2,(H,16,17);1-2,5-6,12-13H,3-4,11H2;1-4,10H,5-6,9H2;3*1-4,7-8H;1-5,7H/t9-;;;;;;/m1....../s1. The molecule has 8 rings (SSSR count). The van der Waals surface area contributed by atoms with Gasteiger partial charge < -0.3 is 78.4 Å². The van der Waals surface area contributed by atoms with Crippen molar-refractivity contribution in [2.24, 2.45) is 23.1 Å². The number of H-pyrrole nitrogens is 1. The number of aliphatic carboxylic acids is 1. The van der Waals surface area contributed by atoms with Crippen LogP contribution in [0.5, 0.6) is 57.5 Å². The van der Waals surface area contributed by atoms with Gasteiger partial charge in [0.1, 0.15) is 51.8 Å². The second-order valence-corrected chi connectivity index (χ2v) is 15.0. The predicted octanol–water partition coefficient (Wildman–Crippen LogP) is 7.51. The first kappa shape index (κ1) is 58.2. The molecule has 376 valence electrons. The van der Waals surface area contributed by atoms with Crippen LogP contribution in [-0.4, -0.2) is 92.5 Å². The van der Waals surface area contributed by atoms with E-state index >= 15 is 0 Å². The fourth-order valence-electron chi connectivity index (χ4n) is 5.72. The Morgan fingerprint density at radius 1 is 0.451 bits per heavy atom. The highest BCUT2D eigenvalue weighted by atomic mass is 16.4. The summed E-state index contributed by atoms with van der Waals surface area (Å²) in [6, 6.07) is 45.1. The molecule has 0 radical (unpaired) electrons. The number of carbonyl (C=O) groups excluding carboxylic acids is 1. The van der Waals surface area contributed by atoms with Crippen molar-refractivity contribution in [2.75, 3.05) is 19.6 Å². The topological polar surface area (TPSA) is 351 Å². The van der Waals surface area contributed by atoms with Crippen LogP contribution in [0, 0.1) is 5.92 Å². The second-order valence-electron chi connectivity index (χ2n) is 15.0. The van der Waals surface area contributed by atoms with E-state index in [1.165, 1.54) is 72.3 Å². The fraction of sp³-hybridized carbons (Fsp3) is 0.148. The maximum absolute atomic E-state index is 11.1. The number of phenols is 10. The number of aromatic nitrogens is 1. The lowest BCUT2D eigenvalue weighted by molar-refractivity contribution is -0.143. The molecule has 0 bridgehead atoms. The summed E-state index contributed by atoms with van der Waals surface area (Å²) in [5.41, 5.74) is 20.1. The highest BCUT2D eigenvalue weighted by Crippen LogP contribution is 2.24. The van der Waals surface area contributed by atoms with Crippen molar-refractivity contribution in [1.82, 2.24) is 4.98 Å². The van der Waals surface area contributed by atoms with E-state index in [4.69, 9.17) is 68.3 Å². The van der Waals surface area contributed by atoms with Crippen molar-refractivity contribution in [3.8, 4) is 57.5 Å². The van der Waals surface area contributed by atoms with Gasteiger partial charge >= 0.3 is 5.97 Å². The summed E-state index contributed by atoms with van der Waals surface area (Å²) in [6.45, 7) is 1.15. The van der Waals surface area contributed by atoms with E-state index in [2.05, 4.69) is 4.98 Å². The number of rotatable bonds is 10. The number of aromatic hydroxyl groups is 10. The minimum Gasteiger partial charge on any atom is -0.508 e. The highest BCUT2D eigenvalue weighted by Gasteiger charge is 2.21. The first-order valence-electron chi connectivity index (χ1n) is 21.8. The molecule has 0 saturated carbocycles. The molecule has 1 aromatic heterocycles. The number of nitrogens with two attached hydrogens (primary N) is 3. The summed E-state index contributed by atoms with van der Waals surface area (Å²) in [7, 11) is 0. The smallest absolute Gasteiger partial charge is 0.307 e. The van der Waals surface area contributed by atoms with Crippen molar-refractivity contribution in [3.63, 3.8) is 0 Å². The summed E-state index contributed by atoms with van der Waals surface area (Å²) >= 11 is 0. The SMILES string of the molecule is NCC(=O)C[C@@H](Cc1ccc(O)cc1)C(=O)O.NCCc1c[nH]c2ccc(O)cc12.NCCc1ccc(O)cc1.Oc1ccc(O)cc1.Oc1cccc(O)c1.Oc1ccccc1.Oc1ccccc1O. The summed E-state index contributed by atoms with van der Waals surface area (Å²) in [5.74, 6) is -0.639. The maximum Gasteiger partial charge on any atom is 0.307 e. The second kappa shape index (κ2) is 32.7. The van der Waals surface area contributed by atoms with Crippen LogP contribution in [0.2, 0.25) is 0 Å². The number of carbonyl (C=O) groups is 2. The first-order chi connectivity index (χ1) is 33.9. The number of ketones is 1. The molecule has 8 aromatic rings. The van der Waals surface area contributed by atoms with Gasteiger partial charge in [0.05, 0.1) is 12.5 Å². The number of hydrogen-bond acceptors (Lipinski definition) is 15. The molecule has 18 N–H and O–H groups in total. The number of aromatic amines is 1. The van der Waals surface area contributed by atoms with Crippen LogP contribution < -0.4 is 17.2 Å². The zero-order valence-electron chi connectivity index (χ0n) is 38.7. The minimum absolute atomic E-state index is 0.0628. The van der Waals surface area contributed by atoms with Crippen molar-refractivity contribution < 1.29 is 65.8 Å². The zero-order valence-corrected chi connectivity index (χ0v) is 38.7. The number of fused-ring (bicyclic) bond motifs is 1. The predicted molar refractivity (Wildman–Crippen MR) is 273 cm³/mol. The van der Waals surface area contributed by atoms with Crippen LogP contribution >= 0.6 is 0 Å². The monoisotopic (exact) mass is 974 g/mol. The molecule has 0 unspecified atom stereocenters. The molecule has 0 saturated heterocycles. The van der Waals surface area contributed by atoms with Crippen molar-refractivity contribution in [1.29, 1.82) is 0 Å². The van der Waals surface area contributed by atoms with Gasteiger partial charge in [0.25, 0.3) is 0 Å². The molecule has 0 amide bonds. The number of carboxylic acids is 1. The van der Waals surface area contributed by atoms with Gasteiger partial charge in [-0.1, -0.05) is 60.7 Å². The number of nitrogens with one attached hydrogen (secondary N) is 1. The van der Waals surface area contributed by atoms with Gasteiger partial charge in [-0.15, -0.1) is 0 Å². The Morgan fingerprint density at radius 3 is 1.25 bits per heavy atom. The van der Waals surface area contributed by atoms with E-state index in [9.17, 15) is 14.7 Å². The number of benzene rings is 7. The molecule has 1 atom stereocenters. The number of Topliss-reactive ketones (excluding diaryl/α,β-unsaturated/α-hetero) is 1. The molecule has 0 aliphatic rings. The molecular weight excluding hydrogens is 913 g/mol. The third kappa shape index (κ3) is 25.2. The van der Waals surface area contributed by atoms with Crippen molar-refractivity contribution >= 4 is 22.7 Å². The van der Waals surface area contributed by atoms with Gasteiger partial charge in [-0.05, 0) is 152 Å². The van der Waals surface area contributed by atoms with E-state index in [-0.39, 0.29) is 65.4 Å². The van der Waals surface area contributed by atoms with Gasteiger partial charge in [0.2, 0.25) is 0 Å². The minimum atomic E-state index is -1.01. The summed E-state index contributed by atoms with van der Waals surface area (Å²) in [4.78, 5) is 25.3. The summed E-state index contributed by atoms with van der Waals surface area (Å²) < 4.78 is 0. The van der Waals surface area contributed by atoms with Crippen molar-refractivity contribution in [3.05, 3.63) is 193 Å². The zero-order chi connectivity index (χ0) is 52.6. The molecule has 17 heteroatoms. The van der Waals surface area contributed by atoms with Crippen LogP contribution in [0.25, 0.3) is 10.9 Å². The Balaban J connectivity index is 0.000000291. The van der Waals surface area contributed by atoms with Gasteiger partial charge in [0, 0.05) is 29.6 Å². The molecule has 0 fully saturated rings. The number of carboxylic acid groups (broad SMARTS) is 1. The largest absolute Gasteiger partial charge is 0.508 e. The number of hydrogen-bond donors (Lipinski definition) is 15. The Labute approximate surface area is 410 Å². The van der Waals surface area contributed by atoms with Gasteiger partial charge in [-0.2, -0.15) is 0 Å². The first-order valence-corrected chi connectivity index (χ1v) is 21.8. The third-order valence-electron chi connectivity index (χ3n) is 9.32. The van der Waals surface area contributed by atoms with E-state index in [0.29, 0.717) is 30.3 Å². The van der Waals surface area contributed by atoms with E-state index in [1.54, 1.807) is 78.9 Å². The molecule has 17 nitrogen and oxygen atoms in total. The van der Waals surface area contributed by atoms with Crippen molar-refractivity contribution in [2.45, 2.75) is 25.7 Å². The third-order valence-corrected chi connectivity index (χ3v) is 9.32. The fourth-order valence-corrected chi connectivity index (χ4v) is 5.72. The van der Waals surface area contributed by atoms with E-state index in [0.717, 1.165) is 34.9 Å². The van der Waals surface area contributed by atoms with Gasteiger partial charge in [-0.25, -0.2) is 0 Å².